The highest BCUT2D eigenvalue weighted by atomic mass is 32.1. The van der Waals surface area contributed by atoms with Crippen molar-refractivity contribution in [3.8, 4) is 11.5 Å². The lowest BCUT2D eigenvalue weighted by atomic mass is 10.1. The van der Waals surface area contributed by atoms with Crippen molar-refractivity contribution in [1.82, 2.24) is 21.5 Å². The average molecular weight is 401 g/mol. The molecule has 0 saturated heterocycles. The van der Waals surface area contributed by atoms with Gasteiger partial charge in [0.2, 0.25) is 0 Å². The van der Waals surface area contributed by atoms with Crippen LogP contribution in [0.5, 0.6) is 11.5 Å². The van der Waals surface area contributed by atoms with Gasteiger partial charge in [-0.1, -0.05) is 18.2 Å². The number of amides is 2. The van der Waals surface area contributed by atoms with Gasteiger partial charge < -0.3 is 15.4 Å². The van der Waals surface area contributed by atoms with Crippen molar-refractivity contribution < 1.29 is 14.3 Å². The molecule has 0 radical (unpaired) electrons. The zero-order valence-corrected chi connectivity index (χ0v) is 16.9. The standard InChI is InChI=1S/C20H24N4O3S/c1-20(2,3)22-19(28)24-23-17(25)13-21-18(26)14-9-11-16(12-10-14)27-15-7-5-4-6-8-15/h4-12H,13H2,1-3H3,(H,21,26)(H,23,25)(H2,22,24,28). The van der Waals surface area contributed by atoms with Gasteiger partial charge in [0.15, 0.2) is 5.11 Å². The zero-order chi connectivity index (χ0) is 20.6. The predicted octanol–water partition coefficient (Wildman–Crippen LogP) is 2.50. The van der Waals surface area contributed by atoms with Crippen LogP contribution < -0.4 is 26.2 Å². The molecule has 2 rings (SSSR count). The summed E-state index contributed by atoms with van der Waals surface area (Å²) >= 11 is 5.06. The van der Waals surface area contributed by atoms with E-state index in [9.17, 15) is 9.59 Å². The lowest BCUT2D eigenvalue weighted by Crippen LogP contribution is -2.53. The van der Waals surface area contributed by atoms with Crippen LogP contribution in [-0.2, 0) is 4.79 Å². The number of para-hydroxylation sites is 1. The third-order valence-electron chi connectivity index (χ3n) is 3.31. The number of nitrogens with one attached hydrogen (secondary N) is 4. The normalized spacial score (nSPS) is 10.5. The molecule has 0 saturated carbocycles. The summed E-state index contributed by atoms with van der Waals surface area (Å²) in [7, 11) is 0. The van der Waals surface area contributed by atoms with E-state index < -0.39 is 5.91 Å². The summed E-state index contributed by atoms with van der Waals surface area (Å²) < 4.78 is 5.68. The molecule has 4 N–H and O–H groups in total. The number of rotatable bonds is 5. The molecule has 0 heterocycles. The van der Waals surface area contributed by atoms with Crippen LogP contribution in [0.25, 0.3) is 0 Å². The number of carbonyl (C=O) groups excluding carboxylic acids is 2. The Balaban J connectivity index is 1.76. The first kappa shape index (κ1) is 21.2. The Kier molecular flexibility index (Phi) is 7.34. The summed E-state index contributed by atoms with van der Waals surface area (Å²) in [6.07, 6.45) is 0. The second kappa shape index (κ2) is 9.70. The minimum absolute atomic E-state index is 0.188. The van der Waals surface area contributed by atoms with Crippen molar-refractivity contribution in [1.29, 1.82) is 0 Å². The Morgan fingerprint density at radius 1 is 0.929 bits per heavy atom. The first-order valence-corrected chi connectivity index (χ1v) is 9.12. The van der Waals surface area contributed by atoms with Crippen LogP contribution in [0.15, 0.2) is 54.6 Å². The summed E-state index contributed by atoms with van der Waals surface area (Å²) in [5, 5.41) is 5.83. The van der Waals surface area contributed by atoms with E-state index in [0.29, 0.717) is 22.2 Å². The van der Waals surface area contributed by atoms with Gasteiger partial charge in [-0.2, -0.15) is 0 Å². The maximum atomic E-state index is 12.2. The topological polar surface area (TPSA) is 91.5 Å². The van der Waals surface area contributed by atoms with E-state index in [2.05, 4.69) is 21.5 Å². The van der Waals surface area contributed by atoms with Crippen LogP contribution in [0.1, 0.15) is 31.1 Å². The van der Waals surface area contributed by atoms with Crippen LogP contribution in [-0.4, -0.2) is 29.0 Å². The fourth-order valence-electron chi connectivity index (χ4n) is 2.10. The molecule has 148 valence electrons. The molecule has 2 aromatic carbocycles. The maximum absolute atomic E-state index is 12.2. The van der Waals surface area contributed by atoms with E-state index in [1.165, 1.54) is 0 Å². The van der Waals surface area contributed by atoms with Crippen molar-refractivity contribution in [3.05, 3.63) is 60.2 Å². The first-order valence-electron chi connectivity index (χ1n) is 8.71. The predicted molar refractivity (Wildman–Crippen MR) is 112 cm³/mol. The molecule has 28 heavy (non-hydrogen) atoms. The molecule has 0 atom stereocenters. The Morgan fingerprint density at radius 3 is 2.14 bits per heavy atom. The molecule has 0 aromatic heterocycles. The van der Waals surface area contributed by atoms with Gasteiger partial charge in [0.25, 0.3) is 11.8 Å². The van der Waals surface area contributed by atoms with Crippen molar-refractivity contribution in [2.75, 3.05) is 6.54 Å². The van der Waals surface area contributed by atoms with Crippen LogP contribution in [0.2, 0.25) is 0 Å². The molecule has 0 unspecified atom stereocenters. The first-order chi connectivity index (χ1) is 13.2. The summed E-state index contributed by atoms with van der Waals surface area (Å²) in [5.74, 6) is 0.541. The Bertz CT molecular complexity index is 818. The third-order valence-corrected chi connectivity index (χ3v) is 3.51. The molecule has 0 aliphatic heterocycles. The van der Waals surface area contributed by atoms with Gasteiger partial charge in [0, 0.05) is 11.1 Å². The zero-order valence-electron chi connectivity index (χ0n) is 16.0. The van der Waals surface area contributed by atoms with Crippen LogP contribution in [0.4, 0.5) is 0 Å². The van der Waals surface area contributed by atoms with Crippen LogP contribution >= 0.6 is 12.2 Å². The lowest BCUT2D eigenvalue weighted by Gasteiger charge is -2.23. The molecule has 0 fully saturated rings. The number of benzene rings is 2. The van der Waals surface area contributed by atoms with Gasteiger partial charge in [-0.15, -0.1) is 0 Å². The second-order valence-electron chi connectivity index (χ2n) is 7.00. The maximum Gasteiger partial charge on any atom is 0.257 e. The highest BCUT2D eigenvalue weighted by Gasteiger charge is 2.12. The monoisotopic (exact) mass is 400 g/mol. The molecule has 2 amide bonds. The molecule has 7 nitrogen and oxygen atoms in total. The van der Waals surface area contributed by atoms with Gasteiger partial charge in [0.05, 0.1) is 6.54 Å². The summed E-state index contributed by atoms with van der Waals surface area (Å²) in [4.78, 5) is 24.0. The quantitative estimate of drug-likeness (QED) is 0.455. The fraction of sp³-hybridized carbons (Fsp3) is 0.250. The molecule has 0 aliphatic rings. The van der Waals surface area contributed by atoms with Crippen molar-refractivity contribution in [2.45, 2.75) is 26.3 Å². The largest absolute Gasteiger partial charge is 0.457 e. The Hall–Kier alpha value is -3.13. The summed E-state index contributed by atoms with van der Waals surface area (Å²) in [6.45, 7) is 5.64. The molecule has 0 aliphatic carbocycles. The van der Waals surface area contributed by atoms with E-state index in [1.54, 1.807) is 24.3 Å². The number of hydrogen-bond donors (Lipinski definition) is 4. The third kappa shape index (κ3) is 7.63. The van der Waals surface area contributed by atoms with Crippen LogP contribution in [0, 0.1) is 0 Å². The Labute approximate surface area is 169 Å². The van der Waals surface area contributed by atoms with Crippen molar-refractivity contribution in [2.24, 2.45) is 0 Å². The average Bonchev–Trinajstić information content (AvgIpc) is 2.64. The molecule has 0 spiro atoms. The number of ether oxygens (including phenoxy) is 1. The van der Waals surface area contributed by atoms with Crippen molar-refractivity contribution >= 4 is 29.1 Å². The van der Waals surface area contributed by atoms with Gasteiger partial charge in [-0.3, -0.25) is 20.4 Å². The number of carbonyl (C=O) groups is 2. The smallest absolute Gasteiger partial charge is 0.257 e. The Morgan fingerprint density at radius 2 is 1.54 bits per heavy atom. The minimum Gasteiger partial charge on any atom is -0.457 e. The summed E-state index contributed by atoms with van der Waals surface area (Å²) in [5.41, 5.74) is 5.21. The van der Waals surface area contributed by atoms with Crippen molar-refractivity contribution in [3.63, 3.8) is 0 Å². The highest BCUT2D eigenvalue weighted by molar-refractivity contribution is 7.80. The molecule has 0 bridgehead atoms. The molecule has 8 heteroatoms. The highest BCUT2D eigenvalue weighted by Crippen LogP contribution is 2.21. The van der Waals surface area contributed by atoms with Gasteiger partial charge in [-0.05, 0) is 69.4 Å². The van der Waals surface area contributed by atoms with E-state index in [4.69, 9.17) is 17.0 Å². The minimum atomic E-state index is -0.421. The SMILES string of the molecule is CC(C)(C)NC(=S)NNC(=O)CNC(=O)c1ccc(Oc2ccccc2)cc1. The van der Waals surface area contributed by atoms with Gasteiger partial charge in [0.1, 0.15) is 11.5 Å². The van der Waals surface area contributed by atoms with E-state index in [-0.39, 0.29) is 18.0 Å². The van der Waals surface area contributed by atoms with E-state index in [0.717, 1.165) is 0 Å². The second-order valence-corrected chi connectivity index (χ2v) is 7.41. The van der Waals surface area contributed by atoms with Crippen LogP contribution in [0.3, 0.4) is 0 Å². The van der Waals surface area contributed by atoms with Gasteiger partial charge >= 0.3 is 0 Å². The number of hydrogen-bond acceptors (Lipinski definition) is 4. The fourth-order valence-corrected chi connectivity index (χ4v) is 2.46. The molecular formula is C20H24N4O3S. The van der Waals surface area contributed by atoms with Gasteiger partial charge in [-0.25, -0.2) is 0 Å². The molecule has 2 aromatic rings. The lowest BCUT2D eigenvalue weighted by molar-refractivity contribution is -0.120. The summed E-state index contributed by atoms with van der Waals surface area (Å²) in [6, 6.07) is 16.0. The van der Waals surface area contributed by atoms with E-state index >= 15 is 0 Å². The van der Waals surface area contributed by atoms with E-state index in [1.807, 2.05) is 51.1 Å². The number of thiocarbonyl (C=S) groups is 1. The molecular weight excluding hydrogens is 376 g/mol. The number of hydrazine groups is 1.